The van der Waals surface area contributed by atoms with E-state index in [-0.39, 0.29) is 0 Å². The molecule has 0 bridgehead atoms. The van der Waals surface area contributed by atoms with Gasteiger partial charge < -0.3 is 9.64 Å². The highest BCUT2D eigenvalue weighted by molar-refractivity contribution is 5.88. The van der Waals surface area contributed by atoms with E-state index in [0.29, 0.717) is 5.69 Å². The third kappa shape index (κ3) is 4.01. The maximum Gasteiger partial charge on any atom is 0.360 e. The summed E-state index contributed by atoms with van der Waals surface area (Å²) in [5.41, 5.74) is 1.25. The van der Waals surface area contributed by atoms with E-state index in [1.54, 1.807) is 0 Å². The Morgan fingerprint density at radius 2 is 1.95 bits per heavy atom. The summed E-state index contributed by atoms with van der Waals surface area (Å²) in [6.45, 7) is 8.16. The van der Waals surface area contributed by atoms with Crippen molar-refractivity contribution in [3.8, 4) is 0 Å². The lowest BCUT2D eigenvalue weighted by molar-refractivity contribution is 0.0592. The number of nitrogens with zero attached hydrogens (tertiary/aromatic N) is 5. The van der Waals surface area contributed by atoms with Gasteiger partial charge in [0.25, 0.3) is 0 Å². The van der Waals surface area contributed by atoms with Crippen LogP contribution in [0.3, 0.4) is 0 Å². The van der Waals surface area contributed by atoms with Crippen LogP contribution < -0.4 is 0 Å². The zero-order valence-corrected chi connectivity index (χ0v) is 13.2. The van der Waals surface area contributed by atoms with Gasteiger partial charge in [-0.2, -0.15) is 0 Å². The Bertz CT molecular complexity index is 466. The molecular weight excluding hydrogens is 270 g/mol. The summed E-state index contributed by atoms with van der Waals surface area (Å²) in [7, 11) is 3.53. The van der Waals surface area contributed by atoms with Crippen molar-refractivity contribution >= 4 is 5.97 Å². The second-order valence-corrected chi connectivity index (χ2v) is 5.49. The summed E-state index contributed by atoms with van der Waals surface area (Å²) in [4.78, 5) is 16.5. The van der Waals surface area contributed by atoms with Gasteiger partial charge in [-0.1, -0.05) is 18.6 Å². The third-order valence-electron chi connectivity index (χ3n) is 3.93. The van der Waals surface area contributed by atoms with Crippen molar-refractivity contribution in [2.24, 2.45) is 0 Å². The van der Waals surface area contributed by atoms with Gasteiger partial charge >= 0.3 is 5.97 Å². The van der Waals surface area contributed by atoms with Crippen molar-refractivity contribution in [3.05, 3.63) is 11.4 Å². The van der Waals surface area contributed by atoms with Gasteiger partial charge in [-0.05, 0) is 13.5 Å². The quantitative estimate of drug-likeness (QED) is 0.702. The third-order valence-corrected chi connectivity index (χ3v) is 3.93. The summed E-state index contributed by atoms with van der Waals surface area (Å²) >= 11 is 0. The van der Waals surface area contributed by atoms with Crippen molar-refractivity contribution in [3.63, 3.8) is 0 Å². The summed E-state index contributed by atoms with van der Waals surface area (Å²) in [5, 5.41) is 8.12. The Balaban J connectivity index is 1.99. The molecule has 1 saturated heterocycles. The van der Waals surface area contributed by atoms with Crippen molar-refractivity contribution < 1.29 is 9.53 Å². The molecule has 1 aromatic rings. The number of likely N-dealkylation sites (N-methyl/N-ethyl adjacent to an activating group) is 1. The molecule has 7 heteroatoms. The van der Waals surface area contributed by atoms with Gasteiger partial charge in [-0.25, -0.2) is 9.48 Å². The number of rotatable bonds is 6. The van der Waals surface area contributed by atoms with Gasteiger partial charge in [0.15, 0.2) is 5.69 Å². The lowest BCUT2D eigenvalue weighted by atomic mass is 10.2. The maximum absolute atomic E-state index is 11.7. The molecular formula is C14H25N5O2. The Morgan fingerprint density at radius 1 is 1.24 bits per heavy atom. The van der Waals surface area contributed by atoms with E-state index in [4.69, 9.17) is 4.74 Å². The number of hydrogen-bond acceptors (Lipinski definition) is 6. The number of aromatic nitrogens is 3. The Hall–Kier alpha value is -1.47. The molecule has 0 spiro atoms. The summed E-state index contributed by atoms with van der Waals surface area (Å²) in [6, 6.07) is 0. The normalized spacial score (nSPS) is 17.1. The van der Waals surface area contributed by atoms with Gasteiger partial charge in [0.05, 0.1) is 19.3 Å². The zero-order chi connectivity index (χ0) is 15.2. The number of ether oxygens (including phenoxy) is 1. The molecule has 1 fully saturated rings. The minimum absolute atomic E-state index is 0.359. The lowest BCUT2D eigenvalue weighted by Crippen LogP contribution is -2.45. The first kappa shape index (κ1) is 15.9. The molecule has 1 aromatic heterocycles. The molecule has 0 aromatic carbocycles. The topological polar surface area (TPSA) is 63.5 Å². The molecule has 1 aliphatic rings. The van der Waals surface area contributed by atoms with Crippen LogP contribution in [0.1, 0.15) is 29.5 Å². The average molecular weight is 295 g/mol. The summed E-state index contributed by atoms with van der Waals surface area (Å²) in [5.74, 6) is -0.399. The van der Waals surface area contributed by atoms with Crippen LogP contribution in [-0.2, 0) is 17.7 Å². The minimum atomic E-state index is -0.399. The van der Waals surface area contributed by atoms with E-state index >= 15 is 0 Å². The number of carbonyl (C=O) groups is 1. The molecule has 0 amide bonds. The van der Waals surface area contributed by atoms with Crippen LogP contribution in [0, 0.1) is 0 Å². The van der Waals surface area contributed by atoms with Gasteiger partial charge in [0.1, 0.15) is 0 Å². The van der Waals surface area contributed by atoms with Gasteiger partial charge in [-0.15, -0.1) is 5.10 Å². The van der Waals surface area contributed by atoms with Crippen LogP contribution in [0.4, 0.5) is 0 Å². The van der Waals surface area contributed by atoms with E-state index in [1.165, 1.54) is 7.11 Å². The predicted octanol–water partition coefficient (Wildman–Crippen LogP) is 0.265. The fourth-order valence-electron chi connectivity index (χ4n) is 2.56. The number of hydrogen-bond donors (Lipinski definition) is 0. The maximum atomic E-state index is 11.7. The summed E-state index contributed by atoms with van der Waals surface area (Å²) in [6.07, 6.45) is 1.74. The smallest absolute Gasteiger partial charge is 0.360 e. The van der Waals surface area contributed by atoms with Crippen LogP contribution in [0.2, 0.25) is 0 Å². The van der Waals surface area contributed by atoms with Gasteiger partial charge in [0, 0.05) is 32.7 Å². The van der Waals surface area contributed by atoms with Crippen LogP contribution in [0.15, 0.2) is 0 Å². The molecule has 2 heterocycles. The number of esters is 1. The van der Waals surface area contributed by atoms with Gasteiger partial charge in [-0.3, -0.25) is 4.90 Å². The Kier molecular flexibility index (Phi) is 5.69. The van der Waals surface area contributed by atoms with Crippen LogP contribution in [-0.4, -0.2) is 77.6 Å². The first-order valence-electron chi connectivity index (χ1n) is 7.57. The van der Waals surface area contributed by atoms with E-state index in [2.05, 4.69) is 34.1 Å². The average Bonchev–Trinajstić information content (AvgIpc) is 2.89. The van der Waals surface area contributed by atoms with Crippen molar-refractivity contribution in [1.29, 1.82) is 0 Å². The highest BCUT2D eigenvalue weighted by atomic mass is 16.5. The Labute approximate surface area is 125 Å². The molecule has 1 aliphatic heterocycles. The number of carbonyl (C=O) groups excluding carboxylic acids is 1. The van der Waals surface area contributed by atoms with E-state index in [1.807, 2.05) is 4.68 Å². The van der Waals surface area contributed by atoms with Gasteiger partial charge in [0.2, 0.25) is 0 Å². The van der Waals surface area contributed by atoms with E-state index in [9.17, 15) is 4.79 Å². The summed E-state index contributed by atoms with van der Waals surface area (Å²) < 4.78 is 6.63. The molecule has 118 valence electrons. The first-order chi connectivity index (χ1) is 10.2. The van der Waals surface area contributed by atoms with Crippen LogP contribution in [0.5, 0.6) is 0 Å². The Morgan fingerprint density at radius 3 is 2.57 bits per heavy atom. The molecule has 0 unspecified atom stereocenters. The molecule has 0 saturated carbocycles. The molecule has 0 N–H and O–H groups in total. The number of piperazine rings is 1. The second-order valence-electron chi connectivity index (χ2n) is 5.49. The zero-order valence-electron chi connectivity index (χ0n) is 13.2. The molecule has 0 radical (unpaired) electrons. The van der Waals surface area contributed by atoms with E-state index in [0.717, 1.165) is 57.8 Å². The molecule has 0 aliphatic carbocycles. The lowest BCUT2D eigenvalue weighted by Gasteiger charge is -2.32. The van der Waals surface area contributed by atoms with Crippen molar-refractivity contribution in [1.82, 2.24) is 24.8 Å². The minimum Gasteiger partial charge on any atom is -0.464 e. The van der Waals surface area contributed by atoms with E-state index < -0.39 is 5.97 Å². The van der Waals surface area contributed by atoms with Crippen LogP contribution >= 0.6 is 0 Å². The highest BCUT2D eigenvalue weighted by Gasteiger charge is 2.20. The standard InChI is InChI=1S/C14H25N5O2/c1-4-5-12-13(14(20)21-3)15-16-19(12)11-10-18-8-6-17(2)7-9-18/h4-11H2,1-3H3. The fourth-order valence-corrected chi connectivity index (χ4v) is 2.56. The molecule has 7 nitrogen and oxygen atoms in total. The molecule has 21 heavy (non-hydrogen) atoms. The highest BCUT2D eigenvalue weighted by Crippen LogP contribution is 2.10. The van der Waals surface area contributed by atoms with Crippen LogP contribution in [0.25, 0.3) is 0 Å². The fraction of sp³-hybridized carbons (Fsp3) is 0.786. The molecule has 0 atom stereocenters. The largest absolute Gasteiger partial charge is 0.464 e. The predicted molar refractivity (Wildman–Crippen MR) is 79.3 cm³/mol. The van der Waals surface area contributed by atoms with Crippen molar-refractivity contribution in [2.75, 3.05) is 46.9 Å². The monoisotopic (exact) mass is 295 g/mol. The molecule has 2 rings (SSSR count). The first-order valence-corrected chi connectivity index (χ1v) is 7.57. The SMILES string of the molecule is CCCc1c(C(=O)OC)nnn1CCN1CCN(C)CC1. The second kappa shape index (κ2) is 7.51. The number of methoxy groups -OCH3 is 1. The van der Waals surface area contributed by atoms with Crippen molar-refractivity contribution in [2.45, 2.75) is 26.3 Å².